The van der Waals surface area contributed by atoms with Crippen LogP contribution in [0.5, 0.6) is 5.75 Å². The largest absolute Gasteiger partial charge is 0.503 e. The van der Waals surface area contributed by atoms with E-state index in [1.807, 2.05) is 4.57 Å². The Balaban J connectivity index is 2.98. The van der Waals surface area contributed by atoms with Gasteiger partial charge in [-0.15, -0.1) is 0 Å². The first-order valence-corrected chi connectivity index (χ1v) is 6.26. The van der Waals surface area contributed by atoms with Gasteiger partial charge in [-0.25, -0.2) is 0 Å². The maximum atomic E-state index is 11.5. The van der Waals surface area contributed by atoms with Crippen molar-refractivity contribution >= 4 is 0 Å². The first-order chi connectivity index (χ1) is 8.62. The van der Waals surface area contributed by atoms with Crippen LogP contribution in [-0.4, -0.2) is 41.4 Å². The highest BCUT2D eigenvalue weighted by Gasteiger charge is 2.08. The Labute approximate surface area is 108 Å². The van der Waals surface area contributed by atoms with Crippen molar-refractivity contribution in [2.45, 2.75) is 26.9 Å². The summed E-state index contributed by atoms with van der Waals surface area (Å²) in [7, 11) is 1.63. The summed E-state index contributed by atoms with van der Waals surface area (Å²) < 4.78 is 6.91. The second kappa shape index (κ2) is 7.18. The van der Waals surface area contributed by atoms with E-state index in [9.17, 15) is 9.90 Å². The molecule has 5 heteroatoms. The van der Waals surface area contributed by atoms with E-state index in [1.165, 1.54) is 12.3 Å². The van der Waals surface area contributed by atoms with E-state index >= 15 is 0 Å². The van der Waals surface area contributed by atoms with Crippen molar-refractivity contribution < 1.29 is 9.84 Å². The first kappa shape index (κ1) is 14.7. The van der Waals surface area contributed by atoms with E-state index in [0.717, 1.165) is 18.8 Å². The molecule has 0 saturated carbocycles. The molecule has 0 atom stereocenters. The molecule has 0 saturated heterocycles. The van der Waals surface area contributed by atoms with Gasteiger partial charge in [-0.3, -0.25) is 9.69 Å². The summed E-state index contributed by atoms with van der Waals surface area (Å²) in [5.74, 6) is -0.214. The van der Waals surface area contributed by atoms with Crippen molar-refractivity contribution in [1.82, 2.24) is 9.47 Å². The zero-order valence-corrected chi connectivity index (χ0v) is 11.3. The summed E-state index contributed by atoms with van der Waals surface area (Å²) in [6, 6.07) is 1.50. The third-order valence-corrected chi connectivity index (χ3v) is 3.01. The van der Waals surface area contributed by atoms with E-state index in [-0.39, 0.29) is 11.2 Å². The number of aromatic nitrogens is 1. The molecule has 0 radical (unpaired) electrons. The molecule has 1 N–H and O–H groups in total. The van der Waals surface area contributed by atoms with Crippen LogP contribution in [0.25, 0.3) is 0 Å². The number of nitrogens with zero attached hydrogens (tertiary/aromatic N) is 2. The summed E-state index contributed by atoms with van der Waals surface area (Å²) in [6.45, 7) is 7.90. The number of methoxy groups -OCH3 is 1. The maximum absolute atomic E-state index is 11.5. The molecular weight excluding hydrogens is 232 g/mol. The molecule has 0 spiro atoms. The zero-order chi connectivity index (χ0) is 13.5. The number of ether oxygens (including phenoxy) is 1. The third-order valence-electron chi connectivity index (χ3n) is 3.01. The highest BCUT2D eigenvalue weighted by atomic mass is 16.5. The quantitative estimate of drug-likeness (QED) is 0.790. The number of aromatic hydroxyl groups is 1. The Hall–Kier alpha value is -1.33. The van der Waals surface area contributed by atoms with Gasteiger partial charge in [0.25, 0.3) is 0 Å². The average Bonchev–Trinajstić information content (AvgIpc) is 2.37. The van der Waals surface area contributed by atoms with Gasteiger partial charge in [-0.05, 0) is 13.1 Å². The van der Waals surface area contributed by atoms with Gasteiger partial charge >= 0.3 is 0 Å². The second-order valence-electron chi connectivity index (χ2n) is 4.16. The third kappa shape index (κ3) is 3.85. The number of pyridine rings is 1. The van der Waals surface area contributed by atoms with Crippen molar-refractivity contribution in [2.75, 3.05) is 26.8 Å². The minimum absolute atomic E-state index is 0.214. The van der Waals surface area contributed by atoms with E-state index in [2.05, 4.69) is 18.7 Å². The Morgan fingerprint density at radius 3 is 2.61 bits per heavy atom. The molecule has 5 nitrogen and oxygen atoms in total. The van der Waals surface area contributed by atoms with Crippen molar-refractivity contribution in [3.8, 4) is 5.75 Å². The molecular formula is C13H22N2O3. The fraction of sp³-hybridized carbons (Fsp3) is 0.615. The Morgan fingerprint density at radius 2 is 2.06 bits per heavy atom. The lowest BCUT2D eigenvalue weighted by Gasteiger charge is -2.21. The van der Waals surface area contributed by atoms with Gasteiger partial charge in [0.1, 0.15) is 0 Å². The molecule has 0 aromatic carbocycles. The topological polar surface area (TPSA) is 54.7 Å². The van der Waals surface area contributed by atoms with E-state index in [1.54, 1.807) is 7.11 Å². The van der Waals surface area contributed by atoms with Crippen LogP contribution in [0.2, 0.25) is 0 Å². The van der Waals surface area contributed by atoms with E-state index in [4.69, 9.17) is 4.74 Å². The Morgan fingerprint density at radius 1 is 1.39 bits per heavy atom. The van der Waals surface area contributed by atoms with Crippen LogP contribution in [0.3, 0.4) is 0 Å². The van der Waals surface area contributed by atoms with Crippen LogP contribution < -0.4 is 5.43 Å². The predicted octanol–water partition coefficient (Wildman–Crippen LogP) is 1.04. The fourth-order valence-electron chi connectivity index (χ4n) is 1.81. The van der Waals surface area contributed by atoms with Gasteiger partial charge in [0.2, 0.25) is 5.43 Å². The van der Waals surface area contributed by atoms with Gasteiger partial charge in [0.05, 0.1) is 12.8 Å². The van der Waals surface area contributed by atoms with Crippen LogP contribution in [0.15, 0.2) is 17.1 Å². The smallest absolute Gasteiger partial charge is 0.223 e. The van der Waals surface area contributed by atoms with Crippen molar-refractivity contribution in [3.63, 3.8) is 0 Å². The molecule has 1 aromatic rings. The highest BCUT2D eigenvalue weighted by molar-refractivity contribution is 5.20. The van der Waals surface area contributed by atoms with Crippen molar-refractivity contribution in [3.05, 3.63) is 28.2 Å². The normalized spacial score (nSPS) is 11.1. The summed E-state index contributed by atoms with van der Waals surface area (Å²) >= 11 is 0. The van der Waals surface area contributed by atoms with Crippen molar-refractivity contribution in [2.24, 2.45) is 0 Å². The molecule has 0 aliphatic rings. The summed E-state index contributed by atoms with van der Waals surface area (Å²) in [6.07, 6.45) is 1.49. The van der Waals surface area contributed by atoms with Crippen LogP contribution in [-0.2, 0) is 17.8 Å². The molecule has 0 fully saturated rings. The van der Waals surface area contributed by atoms with E-state index in [0.29, 0.717) is 19.7 Å². The molecule has 102 valence electrons. The molecule has 0 bridgehead atoms. The van der Waals surface area contributed by atoms with Crippen LogP contribution in [0, 0.1) is 0 Å². The first-order valence-electron chi connectivity index (χ1n) is 6.26. The molecule has 18 heavy (non-hydrogen) atoms. The Kier molecular flexibility index (Phi) is 5.88. The maximum Gasteiger partial charge on any atom is 0.223 e. The lowest BCUT2D eigenvalue weighted by atomic mass is 10.3. The Bertz CT molecular complexity index is 425. The molecule has 1 rings (SSSR count). The van der Waals surface area contributed by atoms with E-state index < -0.39 is 0 Å². The number of rotatable bonds is 7. The van der Waals surface area contributed by atoms with Gasteiger partial charge in [-0.1, -0.05) is 13.8 Å². The molecule has 0 aliphatic carbocycles. The summed E-state index contributed by atoms with van der Waals surface area (Å²) in [5.41, 5.74) is 0.573. The van der Waals surface area contributed by atoms with Crippen LogP contribution >= 0.6 is 0 Å². The summed E-state index contributed by atoms with van der Waals surface area (Å²) in [4.78, 5) is 13.7. The van der Waals surface area contributed by atoms with Gasteiger partial charge in [0.15, 0.2) is 5.75 Å². The average molecular weight is 254 g/mol. The van der Waals surface area contributed by atoms with Gasteiger partial charge in [-0.2, -0.15) is 0 Å². The summed E-state index contributed by atoms with van der Waals surface area (Å²) in [5, 5.41) is 9.48. The molecule has 0 amide bonds. The minimum atomic E-state index is -0.328. The predicted molar refractivity (Wildman–Crippen MR) is 70.9 cm³/mol. The lowest BCUT2D eigenvalue weighted by molar-refractivity contribution is 0.184. The van der Waals surface area contributed by atoms with Crippen molar-refractivity contribution in [1.29, 1.82) is 0 Å². The number of hydrogen-bond donors (Lipinski definition) is 1. The lowest BCUT2D eigenvalue weighted by Crippen LogP contribution is -2.26. The highest BCUT2D eigenvalue weighted by Crippen LogP contribution is 2.08. The SMILES string of the molecule is CCN(CC)Cc1cc(=O)c(O)cn1CCOC. The second-order valence-corrected chi connectivity index (χ2v) is 4.16. The molecule has 0 unspecified atom stereocenters. The molecule has 1 heterocycles. The molecule has 1 aromatic heterocycles. The molecule has 0 aliphatic heterocycles. The minimum Gasteiger partial charge on any atom is -0.503 e. The number of hydrogen-bond acceptors (Lipinski definition) is 4. The monoisotopic (exact) mass is 254 g/mol. The van der Waals surface area contributed by atoms with Crippen LogP contribution in [0.4, 0.5) is 0 Å². The standard InChI is InChI=1S/C13H22N2O3/c1-4-14(5-2)9-11-8-12(16)13(17)10-15(11)6-7-18-3/h8,10,17H,4-7,9H2,1-3H3. The van der Waals surface area contributed by atoms with Gasteiger partial charge < -0.3 is 14.4 Å². The van der Waals surface area contributed by atoms with Gasteiger partial charge in [0, 0.05) is 32.0 Å². The fourth-order valence-corrected chi connectivity index (χ4v) is 1.81. The zero-order valence-electron chi connectivity index (χ0n) is 11.3. The van der Waals surface area contributed by atoms with Crippen LogP contribution in [0.1, 0.15) is 19.5 Å².